The maximum absolute atomic E-state index is 12.9. The predicted octanol–water partition coefficient (Wildman–Crippen LogP) is 4.53. The van der Waals surface area contributed by atoms with Crippen LogP contribution in [-0.4, -0.2) is 29.3 Å². The lowest BCUT2D eigenvalue weighted by molar-refractivity contribution is 0.0757. The minimum atomic E-state index is -0.00597. The minimum Gasteiger partial charge on any atom is -0.292 e. The molecule has 2 atom stereocenters. The first-order valence-corrected chi connectivity index (χ1v) is 8.41. The Balaban J connectivity index is 2.22. The molecule has 21 heavy (non-hydrogen) atoms. The number of nitrogens with zero attached hydrogens (tertiary/aromatic N) is 1. The van der Waals surface area contributed by atoms with Crippen LogP contribution in [0.4, 0.5) is 0 Å². The second-order valence-electron chi connectivity index (χ2n) is 6.51. The maximum Gasteiger partial charge on any atom is 0.179 e. The van der Waals surface area contributed by atoms with Gasteiger partial charge in [-0.3, -0.25) is 9.69 Å². The summed E-state index contributed by atoms with van der Waals surface area (Å²) in [6.45, 7) is 9.51. The lowest BCUT2D eigenvalue weighted by Crippen LogP contribution is -2.45. The Bertz CT molecular complexity index is 494. The molecule has 1 aliphatic rings. The summed E-state index contributed by atoms with van der Waals surface area (Å²) in [5.41, 5.74) is 3.17. The van der Waals surface area contributed by atoms with E-state index in [9.17, 15) is 4.79 Å². The van der Waals surface area contributed by atoms with Crippen LogP contribution in [0, 0.1) is 13.8 Å². The lowest BCUT2D eigenvalue weighted by atomic mass is 9.96. The zero-order chi connectivity index (χ0) is 15.4. The highest BCUT2D eigenvalue weighted by Gasteiger charge is 2.29. The molecule has 1 fully saturated rings. The smallest absolute Gasteiger partial charge is 0.179 e. The Morgan fingerprint density at radius 3 is 2.76 bits per heavy atom. The van der Waals surface area contributed by atoms with E-state index in [2.05, 4.69) is 37.8 Å². The summed E-state index contributed by atoms with van der Waals surface area (Å²) in [5, 5.41) is 0. The molecule has 1 aliphatic heterocycles. The fourth-order valence-electron chi connectivity index (χ4n) is 3.52. The van der Waals surface area contributed by atoms with Gasteiger partial charge in [-0.05, 0) is 58.2 Å². The van der Waals surface area contributed by atoms with Gasteiger partial charge in [0.25, 0.3) is 0 Å². The minimum absolute atomic E-state index is 0.00597. The highest BCUT2D eigenvalue weighted by molar-refractivity contribution is 6.01. The van der Waals surface area contributed by atoms with E-state index in [4.69, 9.17) is 0 Å². The van der Waals surface area contributed by atoms with Crippen molar-refractivity contribution in [1.29, 1.82) is 0 Å². The van der Waals surface area contributed by atoms with E-state index in [1.807, 2.05) is 13.0 Å². The van der Waals surface area contributed by atoms with Gasteiger partial charge in [0.15, 0.2) is 5.78 Å². The fourth-order valence-corrected chi connectivity index (χ4v) is 3.52. The lowest BCUT2D eigenvalue weighted by Gasteiger charge is -2.34. The average molecular weight is 287 g/mol. The third-order valence-corrected chi connectivity index (χ3v) is 4.93. The van der Waals surface area contributed by atoms with Crippen molar-refractivity contribution in [3.8, 4) is 0 Å². The maximum atomic E-state index is 12.9. The fraction of sp³-hybridized carbons (Fsp3) is 0.632. The first-order chi connectivity index (χ1) is 10.0. The second kappa shape index (κ2) is 7.22. The summed E-state index contributed by atoms with van der Waals surface area (Å²) in [7, 11) is 0. The Morgan fingerprint density at radius 2 is 2.05 bits per heavy atom. The van der Waals surface area contributed by atoms with Crippen molar-refractivity contribution in [1.82, 2.24) is 4.90 Å². The van der Waals surface area contributed by atoms with E-state index in [0.29, 0.717) is 6.04 Å². The van der Waals surface area contributed by atoms with Gasteiger partial charge in [0.05, 0.1) is 6.04 Å². The van der Waals surface area contributed by atoms with E-state index >= 15 is 0 Å². The third kappa shape index (κ3) is 3.74. The van der Waals surface area contributed by atoms with Crippen molar-refractivity contribution in [3.63, 3.8) is 0 Å². The van der Waals surface area contributed by atoms with Gasteiger partial charge < -0.3 is 0 Å². The zero-order valence-electron chi connectivity index (χ0n) is 14.0. The number of likely N-dealkylation sites (tertiary alicyclic amines) is 1. The van der Waals surface area contributed by atoms with Crippen molar-refractivity contribution >= 4 is 5.78 Å². The molecule has 0 aliphatic carbocycles. The van der Waals surface area contributed by atoms with Crippen LogP contribution in [-0.2, 0) is 0 Å². The normalized spacial score (nSPS) is 21.8. The molecule has 1 aromatic rings. The molecule has 1 aromatic carbocycles. The molecule has 0 spiro atoms. The van der Waals surface area contributed by atoms with Crippen LogP contribution >= 0.6 is 0 Å². The first kappa shape index (κ1) is 16.2. The molecule has 0 bridgehead atoms. The molecule has 2 heteroatoms. The van der Waals surface area contributed by atoms with Crippen LogP contribution < -0.4 is 0 Å². The van der Waals surface area contributed by atoms with Crippen LogP contribution in [0.5, 0.6) is 0 Å². The highest BCUT2D eigenvalue weighted by Crippen LogP contribution is 2.24. The molecule has 0 aromatic heterocycles. The quantitative estimate of drug-likeness (QED) is 0.758. The highest BCUT2D eigenvalue weighted by atomic mass is 16.1. The van der Waals surface area contributed by atoms with Gasteiger partial charge in [0.2, 0.25) is 0 Å². The molecular weight excluding hydrogens is 258 g/mol. The van der Waals surface area contributed by atoms with Crippen LogP contribution in [0.3, 0.4) is 0 Å². The van der Waals surface area contributed by atoms with Crippen LogP contribution in [0.15, 0.2) is 18.2 Å². The van der Waals surface area contributed by atoms with Gasteiger partial charge in [-0.15, -0.1) is 0 Å². The van der Waals surface area contributed by atoms with Crippen LogP contribution in [0.2, 0.25) is 0 Å². The number of carbonyl (C=O) groups is 1. The number of hydrogen-bond donors (Lipinski definition) is 0. The molecule has 0 amide bonds. The number of aryl methyl sites for hydroxylation is 2. The van der Waals surface area contributed by atoms with Crippen LogP contribution in [0.1, 0.15) is 67.4 Å². The third-order valence-electron chi connectivity index (χ3n) is 4.93. The molecule has 1 saturated heterocycles. The van der Waals surface area contributed by atoms with Gasteiger partial charge in [-0.25, -0.2) is 0 Å². The Morgan fingerprint density at radius 1 is 1.29 bits per heavy atom. The SMILES string of the molecule is CCC1CCCCCN1C(C)C(=O)c1cc(C)ccc1C. The van der Waals surface area contributed by atoms with E-state index in [0.717, 1.165) is 24.1 Å². The molecule has 0 saturated carbocycles. The number of Topliss-reactive ketones (excluding diaryl/α,β-unsaturated/α-hetero) is 1. The van der Waals surface area contributed by atoms with Crippen molar-refractivity contribution in [2.45, 2.75) is 71.9 Å². The van der Waals surface area contributed by atoms with Gasteiger partial charge >= 0.3 is 0 Å². The van der Waals surface area contributed by atoms with Gasteiger partial charge in [0, 0.05) is 11.6 Å². The first-order valence-electron chi connectivity index (χ1n) is 8.41. The summed E-state index contributed by atoms with van der Waals surface area (Å²) in [4.78, 5) is 15.4. The molecule has 2 unspecified atom stereocenters. The monoisotopic (exact) mass is 287 g/mol. The number of benzene rings is 1. The molecule has 0 radical (unpaired) electrons. The van der Waals surface area contributed by atoms with Crippen molar-refractivity contribution in [3.05, 3.63) is 34.9 Å². The van der Waals surface area contributed by atoms with Gasteiger partial charge in [0.1, 0.15) is 0 Å². The van der Waals surface area contributed by atoms with Crippen molar-refractivity contribution in [2.24, 2.45) is 0 Å². The molecule has 2 nitrogen and oxygen atoms in total. The number of rotatable bonds is 4. The summed E-state index contributed by atoms with van der Waals surface area (Å²) in [6, 6.07) is 6.75. The van der Waals surface area contributed by atoms with E-state index in [1.165, 1.54) is 31.2 Å². The van der Waals surface area contributed by atoms with Crippen LogP contribution in [0.25, 0.3) is 0 Å². The predicted molar refractivity (Wildman–Crippen MR) is 89.0 cm³/mol. The number of ketones is 1. The molecule has 116 valence electrons. The molecule has 0 N–H and O–H groups in total. The summed E-state index contributed by atoms with van der Waals surface area (Å²) in [6.07, 6.45) is 6.21. The largest absolute Gasteiger partial charge is 0.292 e. The summed E-state index contributed by atoms with van der Waals surface area (Å²) in [5.74, 6) is 0.288. The van der Waals surface area contributed by atoms with Gasteiger partial charge in [-0.2, -0.15) is 0 Å². The van der Waals surface area contributed by atoms with Gasteiger partial charge in [-0.1, -0.05) is 37.5 Å². The summed E-state index contributed by atoms with van der Waals surface area (Å²) >= 11 is 0. The van der Waals surface area contributed by atoms with Crippen molar-refractivity contribution < 1.29 is 4.79 Å². The number of hydrogen-bond acceptors (Lipinski definition) is 2. The molecule has 2 rings (SSSR count). The standard InChI is InChI=1S/C19H29NO/c1-5-17-9-7-6-8-12-20(17)16(4)19(21)18-13-14(2)10-11-15(18)3/h10-11,13,16-17H,5-9,12H2,1-4H3. The molecular formula is C19H29NO. The molecule has 1 heterocycles. The Hall–Kier alpha value is -1.15. The zero-order valence-corrected chi connectivity index (χ0v) is 14.0. The van der Waals surface area contributed by atoms with E-state index in [1.54, 1.807) is 0 Å². The topological polar surface area (TPSA) is 20.3 Å². The second-order valence-corrected chi connectivity index (χ2v) is 6.51. The number of carbonyl (C=O) groups excluding carboxylic acids is 1. The summed E-state index contributed by atoms with van der Waals surface area (Å²) < 4.78 is 0. The Labute approximate surface area is 129 Å². The average Bonchev–Trinajstić information content (AvgIpc) is 2.73. The van der Waals surface area contributed by atoms with Crippen molar-refractivity contribution in [2.75, 3.05) is 6.54 Å². The van der Waals surface area contributed by atoms with E-state index < -0.39 is 0 Å². The van der Waals surface area contributed by atoms with E-state index in [-0.39, 0.29) is 11.8 Å². The Kier molecular flexibility index (Phi) is 5.58.